The largest absolute Gasteiger partial charge is 0.397 e. The van der Waals surface area contributed by atoms with Gasteiger partial charge in [-0.2, -0.15) is 8.42 Å². The lowest BCUT2D eigenvalue weighted by Crippen LogP contribution is -2.06. The minimum atomic E-state index is -4.29. The van der Waals surface area contributed by atoms with Gasteiger partial charge in [0.15, 0.2) is 0 Å². The molecule has 0 aliphatic carbocycles. The molecule has 0 saturated carbocycles. The summed E-state index contributed by atoms with van der Waals surface area (Å²) in [6.07, 6.45) is 17.3. The van der Waals surface area contributed by atoms with Gasteiger partial charge in [0, 0.05) is 13.2 Å². The summed E-state index contributed by atoms with van der Waals surface area (Å²) in [6, 6.07) is 0. The highest BCUT2D eigenvalue weighted by Gasteiger charge is 2.02. The number of hydrogen-bond acceptors (Lipinski definition) is 4. The van der Waals surface area contributed by atoms with E-state index in [1.807, 2.05) is 0 Å². The second-order valence-electron chi connectivity index (χ2n) is 6.46. The van der Waals surface area contributed by atoms with Gasteiger partial charge in [-0.3, -0.25) is 4.55 Å². The third-order valence-corrected chi connectivity index (χ3v) is 4.52. The second-order valence-corrected chi connectivity index (χ2v) is 7.55. The summed E-state index contributed by atoms with van der Waals surface area (Å²) in [7, 11) is -4.29. The summed E-state index contributed by atoms with van der Waals surface area (Å²) in [4.78, 5) is 0. The molecule has 0 fully saturated rings. The van der Waals surface area contributed by atoms with Crippen molar-refractivity contribution in [2.75, 3.05) is 19.8 Å². The van der Waals surface area contributed by atoms with Gasteiger partial charge in [0.25, 0.3) is 0 Å². The molecule has 0 saturated heterocycles. The molecule has 6 heteroatoms. The molecule has 0 aliphatic rings. The van der Waals surface area contributed by atoms with Gasteiger partial charge in [0.2, 0.25) is 0 Å². The monoisotopic (exact) mass is 366 g/mol. The quantitative estimate of drug-likeness (QED) is 0.248. The van der Waals surface area contributed by atoms with Crippen molar-refractivity contribution >= 4 is 10.4 Å². The van der Waals surface area contributed by atoms with E-state index in [1.165, 1.54) is 70.6 Å². The summed E-state index contributed by atoms with van der Waals surface area (Å²) in [5.41, 5.74) is 0. The Balaban J connectivity index is 3.03. The van der Waals surface area contributed by atoms with Crippen LogP contribution in [0.2, 0.25) is 0 Å². The lowest BCUT2D eigenvalue weighted by molar-refractivity contribution is 0.122. The van der Waals surface area contributed by atoms with Crippen LogP contribution in [0.3, 0.4) is 0 Å². The maximum Gasteiger partial charge on any atom is 0.397 e. The molecule has 1 N–H and O–H groups in total. The topological polar surface area (TPSA) is 72.8 Å². The van der Waals surface area contributed by atoms with Crippen LogP contribution in [-0.2, 0) is 19.3 Å². The average molecular weight is 367 g/mol. The van der Waals surface area contributed by atoms with Crippen molar-refractivity contribution in [1.29, 1.82) is 0 Å². The van der Waals surface area contributed by atoms with Gasteiger partial charge in [-0.25, -0.2) is 4.18 Å². The van der Waals surface area contributed by atoms with Gasteiger partial charge in [-0.15, -0.1) is 0 Å². The highest BCUT2D eigenvalue weighted by atomic mass is 32.3. The van der Waals surface area contributed by atoms with Crippen molar-refractivity contribution in [2.24, 2.45) is 0 Å². The minimum Gasteiger partial charge on any atom is -0.381 e. The predicted molar refractivity (Wildman–Crippen MR) is 98.6 cm³/mol. The number of ether oxygens (including phenoxy) is 1. The highest BCUT2D eigenvalue weighted by molar-refractivity contribution is 7.80. The molecular formula is C18H38O5S. The zero-order valence-electron chi connectivity index (χ0n) is 15.5. The summed E-state index contributed by atoms with van der Waals surface area (Å²) >= 11 is 0. The summed E-state index contributed by atoms with van der Waals surface area (Å²) in [5.74, 6) is 0. The summed E-state index contributed by atoms with van der Waals surface area (Å²) < 4.78 is 38.7. The molecule has 0 heterocycles. The van der Waals surface area contributed by atoms with Gasteiger partial charge in [-0.1, -0.05) is 77.6 Å². The Labute approximate surface area is 149 Å². The van der Waals surface area contributed by atoms with Gasteiger partial charge >= 0.3 is 10.4 Å². The molecule has 146 valence electrons. The van der Waals surface area contributed by atoms with Crippen LogP contribution in [0.4, 0.5) is 0 Å². The lowest BCUT2D eigenvalue weighted by atomic mass is 10.1. The van der Waals surface area contributed by atoms with Crippen molar-refractivity contribution in [3.8, 4) is 0 Å². The molecule has 0 amide bonds. The van der Waals surface area contributed by atoms with E-state index < -0.39 is 10.4 Å². The van der Waals surface area contributed by atoms with E-state index in [9.17, 15) is 8.42 Å². The van der Waals surface area contributed by atoms with E-state index in [1.54, 1.807) is 0 Å². The standard InChI is InChI=1S/C18H38O5S/c1-2-3-4-5-6-7-8-9-10-11-12-13-16-22-17-14-15-18-23-24(19,20)21/h2-18H2,1H3,(H,19,20,21). The Kier molecular flexibility index (Phi) is 17.5. The SMILES string of the molecule is CCCCCCCCCCCCCCOCCCCOS(=O)(=O)O. The Hall–Kier alpha value is -0.170. The zero-order chi connectivity index (χ0) is 17.9. The van der Waals surface area contributed by atoms with Crippen LogP contribution in [-0.4, -0.2) is 32.8 Å². The van der Waals surface area contributed by atoms with Crippen LogP contribution in [0.25, 0.3) is 0 Å². The maximum atomic E-state index is 10.3. The van der Waals surface area contributed by atoms with Crippen LogP contribution >= 0.6 is 0 Å². The Morgan fingerprint density at radius 2 is 1.00 bits per heavy atom. The number of hydrogen-bond donors (Lipinski definition) is 1. The zero-order valence-corrected chi connectivity index (χ0v) is 16.3. The van der Waals surface area contributed by atoms with E-state index in [-0.39, 0.29) is 6.61 Å². The molecule has 0 bridgehead atoms. The van der Waals surface area contributed by atoms with Crippen LogP contribution < -0.4 is 0 Å². The Bertz CT molecular complexity index is 343. The first kappa shape index (κ1) is 23.8. The molecule has 0 aromatic rings. The van der Waals surface area contributed by atoms with E-state index in [0.29, 0.717) is 13.0 Å². The first-order chi connectivity index (χ1) is 11.6. The molecular weight excluding hydrogens is 328 g/mol. The Morgan fingerprint density at radius 1 is 0.625 bits per heavy atom. The molecule has 0 unspecified atom stereocenters. The number of unbranched alkanes of at least 4 members (excludes halogenated alkanes) is 12. The summed E-state index contributed by atoms with van der Waals surface area (Å²) in [5, 5.41) is 0. The van der Waals surface area contributed by atoms with Crippen LogP contribution in [0.1, 0.15) is 96.8 Å². The van der Waals surface area contributed by atoms with Crippen LogP contribution in [0, 0.1) is 0 Å². The molecule has 0 aliphatic heterocycles. The third-order valence-electron chi connectivity index (χ3n) is 4.06. The van der Waals surface area contributed by atoms with Gasteiger partial charge < -0.3 is 4.74 Å². The van der Waals surface area contributed by atoms with Crippen LogP contribution in [0.15, 0.2) is 0 Å². The fraction of sp³-hybridized carbons (Fsp3) is 1.00. The number of rotatable bonds is 19. The normalized spacial score (nSPS) is 11.9. The Morgan fingerprint density at radius 3 is 1.46 bits per heavy atom. The van der Waals surface area contributed by atoms with Crippen LogP contribution in [0.5, 0.6) is 0 Å². The molecule has 0 rings (SSSR count). The van der Waals surface area contributed by atoms with E-state index in [2.05, 4.69) is 11.1 Å². The second kappa shape index (κ2) is 17.6. The van der Waals surface area contributed by atoms with Crippen molar-refractivity contribution in [1.82, 2.24) is 0 Å². The molecule has 0 aromatic carbocycles. The van der Waals surface area contributed by atoms with E-state index >= 15 is 0 Å². The molecule has 0 aromatic heterocycles. The van der Waals surface area contributed by atoms with Crippen molar-refractivity contribution in [2.45, 2.75) is 96.8 Å². The predicted octanol–water partition coefficient (Wildman–Crippen LogP) is 5.30. The fourth-order valence-electron chi connectivity index (χ4n) is 2.62. The molecule has 0 atom stereocenters. The fourth-order valence-corrected chi connectivity index (χ4v) is 2.95. The minimum absolute atomic E-state index is 0.0147. The first-order valence-corrected chi connectivity index (χ1v) is 11.1. The van der Waals surface area contributed by atoms with E-state index in [0.717, 1.165) is 19.4 Å². The molecule has 0 radical (unpaired) electrons. The summed E-state index contributed by atoms with van der Waals surface area (Å²) in [6.45, 7) is 3.66. The average Bonchev–Trinajstić information content (AvgIpc) is 2.52. The van der Waals surface area contributed by atoms with Gasteiger partial charge in [0.05, 0.1) is 6.61 Å². The smallest absolute Gasteiger partial charge is 0.381 e. The highest BCUT2D eigenvalue weighted by Crippen LogP contribution is 2.11. The first-order valence-electron chi connectivity index (χ1n) is 9.76. The van der Waals surface area contributed by atoms with Gasteiger partial charge in [-0.05, 0) is 19.3 Å². The lowest BCUT2D eigenvalue weighted by Gasteiger charge is -2.05. The molecule has 5 nitrogen and oxygen atoms in total. The maximum absolute atomic E-state index is 10.3. The van der Waals surface area contributed by atoms with Crippen molar-refractivity contribution in [3.05, 3.63) is 0 Å². The van der Waals surface area contributed by atoms with Crippen molar-refractivity contribution < 1.29 is 21.9 Å². The molecule has 0 spiro atoms. The van der Waals surface area contributed by atoms with E-state index in [4.69, 9.17) is 9.29 Å². The third kappa shape index (κ3) is 21.8. The van der Waals surface area contributed by atoms with Crippen molar-refractivity contribution in [3.63, 3.8) is 0 Å². The molecule has 24 heavy (non-hydrogen) atoms. The van der Waals surface area contributed by atoms with Gasteiger partial charge in [0.1, 0.15) is 0 Å².